The number of carbonyl (C=O) groups is 1. The van der Waals surface area contributed by atoms with Crippen LogP contribution in [0.5, 0.6) is 11.5 Å². The molecule has 0 aromatic heterocycles. The highest BCUT2D eigenvalue weighted by molar-refractivity contribution is 7.88. The Kier molecular flexibility index (Phi) is 5.84. The molecule has 0 bridgehead atoms. The van der Waals surface area contributed by atoms with Crippen molar-refractivity contribution in [1.29, 1.82) is 0 Å². The molecule has 0 atom stereocenters. The Hall–Kier alpha value is -2.06. The minimum Gasteiger partial charge on any atom is -0.493 e. The molecule has 7 nitrogen and oxygen atoms in total. The van der Waals surface area contributed by atoms with E-state index in [2.05, 4.69) is 6.58 Å². The molecular formula is C16H22N2O5S. The normalized spacial score (nSPS) is 15.8. The van der Waals surface area contributed by atoms with Crippen molar-refractivity contribution >= 4 is 15.9 Å². The number of carbonyl (C=O) groups excluding carboxylic acids is 1. The standard InChI is InChI=1S/C16H22N2O5S/c1-4-11-23-14-6-5-13(12-15(14)22-2)16(19)17-7-9-18(10-8-17)24(3,20)21/h4-6,12H,1,7-11H2,2-3H3. The molecule has 1 aliphatic heterocycles. The second kappa shape index (κ2) is 7.67. The predicted octanol–water partition coefficient (Wildman–Crippen LogP) is 0.977. The number of methoxy groups -OCH3 is 1. The molecule has 0 aliphatic carbocycles. The van der Waals surface area contributed by atoms with Gasteiger partial charge in [-0.15, -0.1) is 0 Å². The van der Waals surface area contributed by atoms with Crippen LogP contribution in [0.2, 0.25) is 0 Å². The lowest BCUT2D eigenvalue weighted by atomic mass is 10.1. The van der Waals surface area contributed by atoms with E-state index >= 15 is 0 Å². The minimum absolute atomic E-state index is 0.156. The number of ether oxygens (including phenoxy) is 2. The molecule has 1 aromatic rings. The highest BCUT2D eigenvalue weighted by atomic mass is 32.2. The molecule has 8 heteroatoms. The third-order valence-corrected chi connectivity index (χ3v) is 5.07. The first kappa shape index (κ1) is 18.3. The first-order chi connectivity index (χ1) is 11.4. The molecule has 0 saturated carbocycles. The van der Waals surface area contributed by atoms with Crippen LogP contribution in [0.15, 0.2) is 30.9 Å². The zero-order valence-corrected chi connectivity index (χ0v) is 14.7. The summed E-state index contributed by atoms with van der Waals surface area (Å²) in [6, 6.07) is 4.98. The van der Waals surface area contributed by atoms with Gasteiger partial charge in [-0.1, -0.05) is 12.7 Å². The van der Waals surface area contributed by atoms with Crippen molar-refractivity contribution in [3.63, 3.8) is 0 Å². The van der Waals surface area contributed by atoms with Gasteiger partial charge in [0.05, 0.1) is 13.4 Å². The van der Waals surface area contributed by atoms with Crippen LogP contribution in [-0.2, 0) is 10.0 Å². The van der Waals surface area contributed by atoms with Crippen molar-refractivity contribution in [1.82, 2.24) is 9.21 Å². The van der Waals surface area contributed by atoms with Crippen LogP contribution < -0.4 is 9.47 Å². The van der Waals surface area contributed by atoms with Gasteiger partial charge in [-0.2, -0.15) is 4.31 Å². The molecule has 0 N–H and O–H groups in total. The molecule has 0 radical (unpaired) electrons. The van der Waals surface area contributed by atoms with Crippen molar-refractivity contribution in [2.75, 3.05) is 46.2 Å². The number of hydrogen-bond acceptors (Lipinski definition) is 5. The molecule has 1 fully saturated rings. The van der Waals surface area contributed by atoms with Crippen molar-refractivity contribution in [3.8, 4) is 11.5 Å². The summed E-state index contributed by atoms with van der Waals surface area (Å²) in [5.74, 6) is 0.852. The van der Waals surface area contributed by atoms with Crippen LogP contribution in [0.25, 0.3) is 0 Å². The van der Waals surface area contributed by atoms with Crippen molar-refractivity contribution in [2.24, 2.45) is 0 Å². The molecule has 24 heavy (non-hydrogen) atoms. The Balaban J connectivity index is 2.09. The molecule has 132 valence electrons. The molecule has 0 spiro atoms. The van der Waals surface area contributed by atoms with E-state index in [1.807, 2.05) is 0 Å². The summed E-state index contributed by atoms with van der Waals surface area (Å²) in [6.45, 7) is 5.28. The van der Waals surface area contributed by atoms with E-state index in [0.717, 1.165) is 0 Å². The molecule has 1 saturated heterocycles. The van der Waals surface area contributed by atoms with Crippen LogP contribution in [0, 0.1) is 0 Å². The summed E-state index contributed by atoms with van der Waals surface area (Å²) in [5, 5.41) is 0. The predicted molar refractivity (Wildman–Crippen MR) is 91.0 cm³/mol. The second-order valence-electron chi connectivity index (χ2n) is 5.42. The van der Waals surface area contributed by atoms with E-state index in [9.17, 15) is 13.2 Å². The highest BCUT2D eigenvalue weighted by Gasteiger charge is 2.27. The number of amides is 1. The lowest BCUT2D eigenvalue weighted by Crippen LogP contribution is -2.50. The Morgan fingerprint density at radius 3 is 2.46 bits per heavy atom. The third kappa shape index (κ3) is 4.27. The number of nitrogens with zero attached hydrogens (tertiary/aromatic N) is 2. The fourth-order valence-electron chi connectivity index (χ4n) is 2.47. The minimum atomic E-state index is -3.21. The van der Waals surface area contributed by atoms with Gasteiger partial charge in [-0.25, -0.2) is 8.42 Å². The number of hydrogen-bond donors (Lipinski definition) is 0. The molecule has 1 aromatic carbocycles. The zero-order chi connectivity index (χ0) is 17.7. The van der Waals surface area contributed by atoms with Gasteiger partial charge in [0.15, 0.2) is 11.5 Å². The Bertz CT molecular complexity index is 709. The number of sulfonamides is 1. The fourth-order valence-corrected chi connectivity index (χ4v) is 3.30. The SMILES string of the molecule is C=CCOc1ccc(C(=O)N2CCN(S(C)(=O)=O)CC2)cc1OC. The molecule has 1 aliphatic rings. The fraction of sp³-hybridized carbons (Fsp3) is 0.438. The van der Waals surface area contributed by atoms with E-state index in [0.29, 0.717) is 49.8 Å². The quantitative estimate of drug-likeness (QED) is 0.712. The van der Waals surface area contributed by atoms with E-state index in [1.165, 1.54) is 17.7 Å². The summed E-state index contributed by atoms with van der Waals surface area (Å²) in [4.78, 5) is 14.2. The molecule has 1 heterocycles. The van der Waals surface area contributed by atoms with E-state index in [4.69, 9.17) is 9.47 Å². The van der Waals surface area contributed by atoms with E-state index in [1.54, 1.807) is 29.2 Å². The summed E-state index contributed by atoms with van der Waals surface area (Å²) in [5.41, 5.74) is 0.477. The van der Waals surface area contributed by atoms with Gasteiger partial charge < -0.3 is 14.4 Å². The maximum Gasteiger partial charge on any atom is 0.254 e. The second-order valence-corrected chi connectivity index (χ2v) is 7.40. The first-order valence-electron chi connectivity index (χ1n) is 7.53. The average molecular weight is 354 g/mol. The maximum atomic E-state index is 12.6. The number of benzene rings is 1. The van der Waals surface area contributed by atoms with Crippen molar-refractivity contribution in [2.45, 2.75) is 0 Å². The maximum absolute atomic E-state index is 12.6. The van der Waals surface area contributed by atoms with Gasteiger partial charge >= 0.3 is 0 Å². The van der Waals surface area contributed by atoms with Crippen LogP contribution in [0.3, 0.4) is 0 Å². The number of rotatable bonds is 6. The summed E-state index contributed by atoms with van der Waals surface area (Å²) < 4.78 is 35.2. The van der Waals surface area contributed by atoms with Crippen LogP contribution >= 0.6 is 0 Å². The molecule has 0 unspecified atom stereocenters. The number of piperazine rings is 1. The topological polar surface area (TPSA) is 76.2 Å². The van der Waals surface area contributed by atoms with Gasteiger partial charge in [0.1, 0.15) is 6.61 Å². The Labute approximate surface area is 142 Å². The van der Waals surface area contributed by atoms with E-state index < -0.39 is 10.0 Å². The van der Waals surface area contributed by atoms with Crippen molar-refractivity contribution < 1.29 is 22.7 Å². The lowest BCUT2D eigenvalue weighted by molar-refractivity contribution is 0.0698. The summed E-state index contributed by atoms with van der Waals surface area (Å²) in [6.07, 6.45) is 2.80. The summed E-state index contributed by atoms with van der Waals surface area (Å²) >= 11 is 0. The highest BCUT2D eigenvalue weighted by Crippen LogP contribution is 2.28. The Morgan fingerprint density at radius 1 is 1.25 bits per heavy atom. The summed E-state index contributed by atoms with van der Waals surface area (Å²) in [7, 11) is -1.70. The third-order valence-electron chi connectivity index (χ3n) is 3.76. The zero-order valence-electron chi connectivity index (χ0n) is 13.9. The molecular weight excluding hydrogens is 332 g/mol. The molecule has 1 amide bonds. The van der Waals surface area contributed by atoms with E-state index in [-0.39, 0.29) is 5.91 Å². The lowest BCUT2D eigenvalue weighted by Gasteiger charge is -2.33. The largest absolute Gasteiger partial charge is 0.493 e. The Morgan fingerprint density at radius 2 is 1.92 bits per heavy atom. The first-order valence-corrected chi connectivity index (χ1v) is 9.37. The van der Waals surface area contributed by atoms with Crippen LogP contribution in [0.1, 0.15) is 10.4 Å². The average Bonchev–Trinajstić information content (AvgIpc) is 2.58. The van der Waals surface area contributed by atoms with Gasteiger partial charge in [0.2, 0.25) is 10.0 Å². The smallest absolute Gasteiger partial charge is 0.254 e. The monoisotopic (exact) mass is 354 g/mol. The molecule has 2 rings (SSSR count). The van der Waals surface area contributed by atoms with Crippen LogP contribution in [0.4, 0.5) is 0 Å². The van der Waals surface area contributed by atoms with Gasteiger partial charge in [0, 0.05) is 31.7 Å². The van der Waals surface area contributed by atoms with Gasteiger partial charge in [-0.05, 0) is 18.2 Å². The van der Waals surface area contributed by atoms with Crippen molar-refractivity contribution in [3.05, 3.63) is 36.4 Å². The van der Waals surface area contributed by atoms with Crippen LogP contribution in [-0.4, -0.2) is 69.7 Å². The van der Waals surface area contributed by atoms with Gasteiger partial charge in [0.25, 0.3) is 5.91 Å². The van der Waals surface area contributed by atoms with Gasteiger partial charge in [-0.3, -0.25) is 4.79 Å².